The number of sulfonamides is 1. The molecule has 29 heavy (non-hydrogen) atoms. The van der Waals surface area contributed by atoms with E-state index in [9.17, 15) is 13.2 Å². The van der Waals surface area contributed by atoms with E-state index in [2.05, 4.69) is 4.83 Å². The van der Waals surface area contributed by atoms with Crippen molar-refractivity contribution >= 4 is 38.7 Å². The van der Waals surface area contributed by atoms with E-state index in [-0.39, 0.29) is 34.7 Å². The number of fused-ring (bicyclic) bond motifs is 1. The molecule has 0 spiro atoms. The SMILES string of the molecule is Cc1cc2c(cc1CC(=O)C1=C(Cl)C(C)N(NS(=O)(=O)c3ccsc3)O1)OCO2. The summed E-state index contributed by atoms with van der Waals surface area (Å²) in [6.45, 7) is 3.63. The number of aryl methyl sites for hydroxylation is 1. The zero-order valence-electron chi connectivity index (χ0n) is 15.5. The van der Waals surface area contributed by atoms with Gasteiger partial charge in [0.15, 0.2) is 11.5 Å². The van der Waals surface area contributed by atoms with Crippen molar-refractivity contribution in [3.05, 3.63) is 50.9 Å². The van der Waals surface area contributed by atoms with Crippen LogP contribution >= 0.6 is 22.9 Å². The first kappa shape index (κ1) is 20.2. The Labute approximate surface area is 176 Å². The molecule has 2 aliphatic rings. The maximum atomic E-state index is 12.8. The largest absolute Gasteiger partial charge is 0.454 e. The molecule has 2 aromatic rings. The number of hydrazine groups is 1. The van der Waals surface area contributed by atoms with Crippen LogP contribution in [0, 0.1) is 6.92 Å². The molecule has 0 bridgehead atoms. The number of allylic oxidation sites excluding steroid dienone is 1. The molecule has 154 valence electrons. The Morgan fingerprint density at radius 2 is 2.07 bits per heavy atom. The molecule has 0 aliphatic carbocycles. The van der Waals surface area contributed by atoms with Gasteiger partial charge >= 0.3 is 0 Å². The molecule has 0 fully saturated rings. The number of ether oxygens (including phenoxy) is 2. The number of carbonyl (C=O) groups excluding carboxylic acids is 1. The summed E-state index contributed by atoms with van der Waals surface area (Å²) in [6, 6.07) is 4.36. The lowest BCUT2D eigenvalue weighted by Gasteiger charge is -2.20. The van der Waals surface area contributed by atoms with Crippen molar-refractivity contribution in [1.29, 1.82) is 0 Å². The third-order valence-electron chi connectivity index (χ3n) is 4.58. The predicted octanol–water partition coefficient (Wildman–Crippen LogP) is 2.88. The van der Waals surface area contributed by atoms with Crippen LogP contribution in [-0.2, 0) is 26.1 Å². The first-order valence-electron chi connectivity index (χ1n) is 8.60. The van der Waals surface area contributed by atoms with Gasteiger partial charge in [0.05, 0.1) is 9.93 Å². The van der Waals surface area contributed by atoms with Gasteiger partial charge in [-0.3, -0.25) is 4.79 Å². The lowest BCUT2D eigenvalue weighted by Crippen LogP contribution is -2.44. The summed E-state index contributed by atoms with van der Waals surface area (Å²) in [5.41, 5.74) is 1.60. The molecule has 11 heteroatoms. The molecule has 0 radical (unpaired) electrons. The lowest BCUT2D eigenvalue weighted by molar-refractivity contribution is -0.149. The molecule has 1 unspecified atom stereocenters. The highest BCUT2D eigenvalue weighted by Crippen LogP contribution is 2.36. The molecular formula is C18H17ClN2O6S2. The molecule has 3 heterocycles. The minimum atomic E-state index is -3.84. The highest BCUT2D eigenvalue weighted by atomic mass is 35.5. The second-order valence-corrected chi connectivity index (χ2v) is 9.40. The second-order valence-electron chi connectivity index (χ2n) is 6.56. The molecule has 1 aromatic carbocycles. The molecule has 8 nitrogen and oxygen atoms in total. The van der Waals surface area contributed by atoms with Gasteiger partial charge in [0.1, 0.15) is 6.04 Å². The number of ketones is 1. The Balaban J connectivity index is 1.50. The fraction of sp³-hybridized carbons (Fsp3) is 0.278. The van der Waals surface area contributed by atoms with Crippen molar-refractivity contribution in [2.24, 2.45) is 0 Å². The molecule has 0 saturated heterocycles. The normalized spacial score (nSPS) is 18.9. The molecule has 2 aliphatic heterocycles. The molecule has 0 saturated carbocycles. The number of carbonyl (C=O) groups is 1. The van der Waals surface area contributed by atoms with Gasteiger partial charge in [-0.05, 0) is 48.6 Å². The zero-order valence-corrected chi connectivity index (χ0v) is 17.9. The van der Waals surface area contributed by atoms with E-state index in [1.165, 1.54) is 22.8 Å². The van der Waals surface area contributed by atoms with E-state index in [0.717, 1.165) is 16.3 Å². The number of benzene rings is 1. The Kier molecular flexibility index (Phi) is 5.30. The van der Waals surface area contributed by atoms with Crippen molar-refractivity contribution < 1.29 is 27.5 Å². The van der Waals surface area contributed by atoms with Crippen LogP contribution in [0.4, 0.5) is 0 Å². The summed E-state index contributed by atoms with van der Waals surface area (Å²) < 4.78 is 35.5. The van der Waals surface area contributed by atoms with E-state index in [1.807, 2.05) is 6.92 Å². The maximum absolute atomic E-state index is 12.8. The van der Waals surface area contributed by atoms with Crippen LogP contribution in [0.5, 0.6) is 11.5 Å². The van der Waals surface area contributed by atoms with Crippen LogP contribution in [-0.4, -0.2) is 32.2 Å². The quantitative estimate of drug-likeness (QED) is 0.714. The number of hydroxylamine groups is 1. The van der Waals surface area contributed by atoms with Gasteiger partial charge in [-0.2, -0.15) is 11.3 Å². The monoisotopic (exact) mass is 456 g/mol. The topological polar surface area (TPSA) is 94.2 Å². The van der Waals surface area contributed by atoms with Crippen molar-refractivity contribution in [1.82, 2.24) is 10.0 Å². The van der Waals surface area contributed by atoms with Crippen LogP contribution in [0.25, 0.3) is 0 Å². The van der Waals surface area contributed by atoms with Gasteiger partial charge in [-0.1, -0.05) is 16.8 Å². The maximum Gasteiger partial charge on any atom is 0.256 e. The fourth-order valence-electron chi connectivity index (χ4n) is 2.90. The zero-order chi connectivity index (χ0) is 20.8. The predicted molar refractivity (Wildman–Crippen MR) is 106 cm³/mol. The minimum Gasteiger partial charge on any atom is -0.454 e. The van der Waals surface area contributed by atoms with Crippen LogP contribution in [0.2, 0.25) is 0 Å². The number of nitrogens with zero attached hydrogens (tertiary/aromatic N) is 1. The van der Waals surface area contributed by atoms with Crippen molar-refractivity contribution in [2.75, 3.05) is 6.79 Å². The number of Topliss-reactive ketones (excluding diaryl/α,β-unsaturated/α-hetero) is 1. The highest BCUT2D eigenvalue weighted by Gasteiger charge is 2.37. The number of nitrogens with one attached hydrogen (secondary N) is 1. The van der Waals surface area contributed by atoms with Crippen molar-refractivity contribution in [3.8, 4) is 11.5 Å². The number of hydrogen-bond donors (Lipinski definition) is 1. The Bertz CT molecular complexity index is 1100. The summed E-state index contributed by atoms with van der Waals surface area (Å²) in [5, 5.41) is 4.24. The average Bonchev–Trinajstić information content (AvgIpc) is 3.40. The summed E-state index contributed by atoms with van der Waals surface area (Å²) in [4.78, 5) is 20.7. The van der Waals surface area contributed by atoms with E-state index >= 15 is 0 Å². The number of halogens is 1. The van der Waals surface area contributed by atoms with E-state index in [1.54, 1.807) is 24.4 Å². The second kappa shape index (κ2) is 7.62. The average molecular weight is 457 g/mol. The van der Waals surface area contributed by atoms with Crippen LogP contribution in [0.1, 0.15) is 18.1 Å². The van der Waals surface area contributed by atoms with Gasteiger partial charge in [0, 0.05) is 11.8 Å². The van der Waals surface area contributed by atoms with Crippen molar-refractivity contribution in [2.45, 2.75) is 31.2 Å². The summed E-state index contributed by atoms with van der Waals surface area (Å²) in [7, 11) is -3.84. The van der Waals surface area contributed by atoms with Crippen molar-refractivity contribution in [3.63, 3.8) is 0 Å². The first-order valence-corrected chi connectivity index (χ1v) is 11.4. The molecule has 1 N–H and O–H groups in total. The first-order chi connectivity index (χ1) is 13.8. The summed E-state index contributed by atoms with van der Waals surface area (Å²) in [5.74, 6) is 0.741. The van der Waals surface area contributed by atoms with Gasteiger partial charge in [-0.25, -0.2) is 8.42 Å². The molecule has 0 amide bonds. The van der Waals surface area contributed by atoms with Crippen LogP contribution in [0.3, 0.4) is 0 Å². The Morgan fingerprint density at radius 3 is 2.76 bits per heavy atom. The number of hydrogen-bond acceptors (Lipinski definition) is 8. The third kappa shape index (κ3) is 3.86. The fourth-order valence-corrected chi connectivity index (χ4v) is 5.19. The molecular weight excluding hydrogens is 440 g/mol. The smallest absolute Gasteiger partial charge is 0.256 e. The Hall–Kier alpha value is -2.11. The van der Waals surface area contributed by atoms with Gasteiger partial charge in [0.2, 0.25) is 18.3 Å². The van der Waals surface area contributed by atoms with Crippen LogP contribution < -0.4 is 14.3 Å². The van der Waals surface area contributed by atoms with Crippen LogP contribution in [0.15, 0.2) is 44.6 Å². The Morgan fingerprint density at radius 1 is 1.34 bits per heavy atom. The van der Waals surface area contributed by atoms with E-state index in [0.29, 0.717) is 11.5 Å². The lowest BCUT2D eigenvalue weighted by atomic mass is 10.0. The summed E-state index contributed by atoms with van der Waals surface area (Å²) in [6.07, 6.45) is 0.0197. The molecule has 1 atom stereocenters. The number of thiophene rings is 1. The highest BCUT2D eigenvalue weighted by molar-refractivity contribution is 7.89. The van der Waals surface area contributed by atoms with E-state index < -0.39 is 16.1 Å². The minimum absolute atomic E-state index is 0.0197. The van der Waals surface area contributed by atoms with Gasteiger partial charge in [-0.15, -0.1) is 4.83 Å². The van der Waals surface area contributed by atoms with E-state index in [4.69, 9.17) is 25.9 Å². The molecule has 4 rings (SSSR count). The standard InChI is InChI=1S/C18H17ClN2O6S2/c1-10-5-15-16(26-9-25-15)7-12(10)6-14(22)18-17(19)11(2)21(27-18)20-29(23,24)13-3-4-28-8-13/h3-5,7-8,11,20H,6,9H2,1-2H3. The van der Waals surface area contributed by atoms with Gasteiger partial charge in [0.25, 0.3) is 10.0 Å². The summed E-state index contributed by atoms with van der Waals surface area (Å²) >= 11 is 7.54. The van der Waals surface area contributed by atoms with Gasteiger partial charge < -0.3 is 14.3 Å². The number of rotatable bonds is 6. The third-order valence-corrected chi connectivity index (χ3v) is 7.19. The molecule has 1 aromatic heterocycles.